The van der Waals surface area contributed by atoms with Crippen LogP contribution in [0, 0.1) is 11.8 Å². The molecule has 0 bridgehead atoms. The lowest BCUT2D eigenvalue weighted by Crippen LogP contribution is -2.32. The van der Waals surface area contributed by atoms with E-state index in [0.717, 1.165) is 5.92 Å². The van der Waals surface area contributed by atoms with Crippen LogP contribution in [-0.2, 0) is 0 Å². The van der Waals surface area contributed by atoms with Crippen LogP contribution in [0.1, 0.15) is 27.2 Å². The van der Waals surface area contributed by atoms with E-state index in [1.54, 1.807) is 0 Å². The number of fused-ring (bicyclic) bond motifs is 1. The second kappa shape index (κ2) is 3.13. The Morgan fingerprint density at radius 3 is 2.77 bits per heavy atom. The van der Waals surface area contributed by atoms with Crippen LogP contribution in [0.4, 0.5) is 0 Å². The summed E-state index contributed by atoms with van der Waals surface area (Å²) < 4.78 is 0. The van der Waals surface area contributed by atoms with E-state index in [4.69, 9.17) is 0 Å². The van der Waals surface area contributed by atoms with Gasteiger partial charge in [0.1, 0.15) is 0 Å². The third kappa shape index (κ3) is 1.37. The highest BCUT2D eigenvalue weighted by Gasteiger charge is 2.32. The molecule has 3 atom stereocenters. The monoisotopic (exact) mass is 175 g/mol. The fraction of sp³-hybridized carbons (Fsp3) is 0.583. The van der Waals surface area contributed by atoms with E-state index >= 15 is 0 Å². The number of allylic oxidation sites excluding steroid dienone is 2. The van der Waals surface area contributed by atoms with Crippen LogP contribution in [0.2, 0.25) is 0 Å². The van der Waals surface area contributed by atoms with Crippen molar-refractivity contribution in [2.45, 2.75) is 33.2 Å². The van der Waals surface area contributed by atoms with Crippen LogP contribution in [-0.4, -0.2) is 12.3 Å². The second-order valence-electron chi connectivity index (χ2n) is 4.34. The molecule has 2 rings (SSSR count). The van der Waals surface area contributed by atoms with Gasteiger partial charge in [-0.3, -0.25) is 4.99 Å². The summed E-state index contributed by atoms with van der Waals surface area (Å²) in [5.41, 5.74) is 2.95. The highest BCUT2D eigenvalue weighted by Crippen LogP contribution is 2.37. The number of nitrogens with zero attached hydrogens (tertiary/aromatic N) is 1. The molecule has 0 amide bonds. The molecule has 1 nitrogen and oxygen atoms in total. The number of hydrogen-bond acceptors (Lipinski definition) is 1. The average Bonchev–Trinajstić information content (AvgIpc) is 2.12. The average molecular weight is 175 g/mol. The van der Waals surface area contributed by atoms with E-state index in [2.05, 4.69) is 37.9 Å². The molecule has 0 fully saturated rings. The van der Waals surface area contributed by atoms with E-state index in [1.807, 2.05) is 6.21 Å². The molecule has 0 saturated carbocycles. The Hall–Kier alpha value is -0.850. The Balaban J connectivity index is 2.36. The van der Waals surface area contributed by atoms with Gasteiger partial charge in [0.25, 0.3) is 0 Å². The molecule has 1 heteroatoms. The summed E-state index contributed by atoms with van der Waals surface area (Å²) in [6, 6.07) is 0.439. The first kappa shape index (κ1) is 8.74. The molecule has 1 aliphatic heterocycles. The normalized spacial score (nSPS) is 37.9. The topological polar surface area (TPSA) is 12.4 Å². The first-order valence-electron chi connectivity index (χ1n) is 5.06. The smallest absolute Gasteiger partial charge is 0.0774 e. The van der Waals surface area contributed by atoms with Crippen molar-refractivity contribution < 1.29 is 0 Å². The molecule has 0 aromatic heterocycles. The summed E-state index contributed by atoms with van der Waals surface area (Å²) in [5, 5.41) is 0. The van der Waals surface area contributed by atoms with E-state index in [0.29, 0.717) is 12.0 Å². The van der Waals surface area contributed by atoms with Gasteiger partial charge in [-0.25, -0.2) is 0 Å². The van der Waals surface area contributed by atoms with E-state index in [1.165, 1.54) is 17.6 Å². The summed E-state index contributed by atoms with van der Waals surface area (Å²) in [4.78, 5) is 4.56. The van der Waals surface area contributed by atoms with Crippen LogP contribution >= 0.6 is 0 Å². The van der Waals surface area contributed by atoms with Crippen molar-refractivity contribution in [3.05, 3.63) is 23.3 Å². The molecule has 70 valence electrons. The minimum atomic E-state index is 0.439. The van der Waals surface area contributed by atoms with Crippen LogP contribution < -0.4 is 0 Å². The van der Waals surface area contributed by atoms with Gasteiger partial charge in [0, 0.05) is 12.1 Å². The lowest BCUT2D eigenvalue weighted by atomic mass is 9.73. The van der Waals surface area contributed by atoms with Gasteiger partial charge in [-0.1, -0.05) is 24.1 Å². The van der Waals surface area contributed by atoms with Gasteiger partial charge in [-0.05, 0) is 32.3 Å². The van der Waals surface area contributed by atoms with Gasteiger partial charge in [0.05, 0.1) is 6.04 Å². The number of rotatable bonds is 0. The lowest BCUT2D eigenvalue weighted by molar-refractivity contribution is 0.351. The first-order chi connectivity index (χ1) is 6.20. The molecule has 2 aliphatic rings. The fourth-order valence-electron chi connectivity index (χ4n) is 2.51. The molecule has 1 heterocycles. The first-order valence-corrected chi connectivity index (χ1v) is 5.06. The van der Waals surface area contributed by atoms with Crippen LogP contribution in [0.15, 0.2) is 28.3 Å². The molecule has 1 aliphatic carbocycles. The zero-order valence-electron chi connectivity index (χ0n) is 8.62. The Bertz CT molecular complexity index is 296. The van der Waals surface area contributed by atoms with Crippen molar-refractivity contribution in [2.24, 2.45) is 16.8 Å². The van der Waals surface area contributed by atoms with Crippen LogP contribution in [0.3, 0.4) is 0 Å². The van der Waals surface area contributed by atoms with Crippen molar-refractivity contribution in [2.75, 3.05) is 0 Å². The zero-order chi connectivity index (χ0) is 9.42. The van der Waals surface area contributed by atoms with Crippen LogP contribution in [0.5, 0.6) is 0 Å². The highest BCUT2D eigenvalue weighted by atomic mass is 14.8. The van der Waals surface area contributed by atoms with Crippen molar-refractivity contribution in [3.8, 4) is 0 Å². The Morgan fingerprint density at radius 2 is 2.08 bits per heavy atom. The maximum absolute atomic E-state index is 4.56. The van der Waals surface area contributed by atoms with Gasteiger partial charge in [-0.15, -0.1) is 0 Å². The number of hydrogen-bond donors (Lipinski definition) is 0. The van der Waals surface area contributed by atoms with Gasteiger partial charge in [0.15, 0.2) is 0 Å². The number of aliphatic imine (C=N–C) groups is 1. The number of dihydropyridines is 1. The molecule has 0 spiro atoms. The van der Waals surface area contributed by atoms with Crippen molar-refractivity contribution in [1.82, 2.24) is 0 Å². The third-order valence-corrected chi connectivity index (χ3v) is 3.34. The van der Waals surface area contributed by atoms with Crippen molar-refractivity contribution in [3.63, 3.8) is 0 Å². The maximum Gasteiger partial charge on any atom is 0.0774 e. The lowest BCUT2D eigenvalue weighted by Gasteiger charge is -2.36. The van der Waals surface area contributed by atoms with Gasteiger partial charge in [0.2, 0.25) is 0 Å². The van der Waals surface area contributed by atoms with E-state index in [-0.39, 0.29) is 0 Å². The van der Waals surface area contributed by atoms with Crippen molar-refractivity contribution in [1.29, 1.82) is 0 Å². The quantitative estimate of drug-likeness (QED) is 0.502. The fourth-order valence-corrected chi connectivity index (χ4v) is 2.51. The highest BCUT2D eigenvalue weighted by molar-refractivity contribution is 5.74. The molecule has 0 aromatic carbocycles. The molecule has 0 saturated heterocycles. The predicted molar refractivity (Wildman–Crippen MR) is 57.1 cm³/mol. The summed E-state index contributed by atoms with van der Waals surface area (Å²) in [6.45, 7) is 6.77. The SMILES string of the molecule is CC1=CCC(C)C2C(C)=CC=NC12. The Kier molecular flexibility index (Phi) is 2.10. The van der Waals surface area contributed by atoms with Gasteiger partial charge >= 0.3 is 0 Å². The Morgan fingerprint density at radius 1 is 1.31 bits per heavy atom. The summed E-state index contributed by atoms with van der Waals surface area (Å²) in [6.07, 6.45) is 7.69. The largest absolute Gasteiger partial charge is 0.285 e. The molecule has 0 aromatic rings. The zero-order valence-corrected chi connectivity index (χ0v) is 8.62. The molecule has 0 radical (unpaired) electrons. The second-order valence-corrected chi connectivity index (χ2v) is 4.34. The third-order valence-electron chi connectivity index (χ3n) is 3.34. The Labute approximate surface area is 80.3 Å². The molecular formula is C12H17N. The van der Waals surface area contributed by atoms with E-state index < -0.39 is 0 Å². The standard InChI is InChI=1S/C12H17N/c1-8-4-5-10(3)12-11(8)9(2)6-7-13-12/h5-8,11-12H,4H2,1-3H3. The molecular weight excluding hydrogens is 158 g/mol. The van der Waals surface area contributed by atoms with Crippen LogP contribution in [0.25, 0.3) is 0 Å². The molecule has 3 unspecified atom stereocenters. The minimum absolute atomic E-state index is 0.439. The summed E-state index contributed by atoms with van der Waals surface area (Å²) in [7, 11) is 0. The molecule has 0 N–H and O–H groups in total. The predicted octanol–water partition coefficient (Wildman–Crippen LogP) is 2.99. The van der Waals surface area contributed by atoms with Gasteiger partial charge in [-0.2, -0.15) is 0 Å². The summed E-state index contributed by atoms with van der Waals surface area (Å²) >= 11 is 0. The minimum Gasteiger partial charge on any atom is -0.285 e. The van der Waals surface area contributed by atoms with E-state index in [9.17, 15) is 0 Å². The summed E-state index contributed by atoms with van der Waals surface area (Å²) in [5.74, 6) is 1.41. The van der Waals surface area contributed by atoms with Crippen molar-refractivity contribution >= 4 is 6.21 Å². The molecule has 13 heavy (non-hydrogen) atoms. The maximum atomic E-state index is 4.56. The van der Waals surface area contributed by atoms with Gasteiger partial charge < -0.3 is 0 Å².